The molecule has 3 heterocycles. The van der Waals surface area contributed by atoms with Gasteiger partial charge in [0.2, 0.25) is 0 Å². The Morgan fingerprint density at radius 3 is 2.67 bits per heavy atom. The molecular formula is C26H25F2N3O5. The third-order valence-electron chi connectivity index (χ3n) is 7.66. The van der Waals surface area contributed by atoms with Crippen molar-refractivity contribution >= 4 is 27.8 Å². The van der Waals surface area contributed by atoms with E-state index in [0.717, 1.165) is 5.69 Å². The molecule has 0 radical (unpaired) electrons. The van der Waals surface area contributed by atoms with Crippen molar-refractivity contribution in [3.05, 3.63) is 53.4 Å². The lowest BCUT2D eigenvalue weighted by molar-refractivity contribution is -0.169. The van der Waals surface area contributed by atoms with Gasteiger partial charge in [-0.25, -0.2) is 13.6 Å². The molecule has 0 spiro atoms. The minimum absolute atomic E-state index is 0.00779. The zero-order chi connectivity index (χ0) is 25.2. The van der Waals surface area contributed by atoms with Crippen molar-refractivity contribution in [3.63, 3.8) is 0 Å². The molecular weight excluding hydrogens is 472 g/mol. The number of halogens is 2. The van der Waals surface area contributed by atoms with Gasteiger partial charge in [-0.3, -0.25) is 5.10 Å². The number of fused-ring (bicyclic) bond motifs is 2. The number of nitrogens with one attached hydrogen (secondary N) is 1. The lowest BCUT2D eigenvalue weighted by Crippen LogP contribution is -2.49. The van der Waals surface area contributed by atoms with Crippen LogP contribution >= 0.6 is 0 Å². The predicted octanol–water partition coefficient (Wildman–Crippen LogP) is 4.38. The minimum Gasteiger partial charge on any atom is -0.494 e. The number of aromatic nitrogens is 3. The van der Waals surface area contributed by atoms with Crippen LogP contribution in [0.5, 0.6) is 5.75 Å². The minimum atomic E-state index is -1.85. The van der Waals surface area contributed by atoms with E-state index in [4.69, 9.17) is 9.47 Å². The van der Waals surface area contributed by atoms with Crippen LogP contribution in [0.3, 0.4) is 0 Å². The van der Waals surface area contributed by atoms with E-state index in [-0.39, 0.29) is 35.9 Å². The van der Waals surface area contributed by atoms with Crippen molar-refractivity contribution in [1.82, 2.24) is 14.8 Å². The van der Waals surface area contributed by atoms with E-state index in [1.54, 1.807) is 18.3 Å². The number of aliphatic hydroxyl groups is 1. The Labute approximate surface area is 204 Å². The molecule has 2 aromatic carbocycles. The summed E-state index contributed by atoms with van der Waals surface area (Å²) >= 11 is 0. The fourth-order valence-electron chi connectivity index (χ4n) is 5.84. The quantitative estimate of drug-likeness (QED) is 0.378. The monoisotopic (exact) mass is 497 g/mol. The van der Waals surface area contributed by atoms with Crippen LogP contribution in [0, 0.1) is 11.6 Å². The Bertz CT molecular complexity index is 1500. The first-order valence-electron chi connectivity index (χ1n) is 11.9. The highest BCUT2D eigenvalue weighted by atomic mass is 19.1. The number of carbonyl (C=O) groups is 1. The molecule has 2 fully saturated rings. The Morgan fingerprint density at radius 2 is 1.97 bits per heavy atom. The Kier molecular flexibility index (Phi) is 5.27. The molecule has 1 saturated carbocycles. The largest absolute Gasteiger partial charge is 0.494 e. The van der Waals surface area contributed by atoms with E-state index in [2.05, 4.69) is 10.2 Å². The molecule has 0 atom stereocenters. The summed E-state index contributed by atoms with van der Waals surface area (Å²) in [4.78, 5) is 11.7. The molecule has 0 unspecified atom stereocenters. The number of ether oxygens (including phenoxy) is 2. The number of H-pyrrole nitrogens is 1. The van der Waals surface area contributed by atoms with Gasteiger partial charge in [0.05, 0.1) is 18.8 Å². The van der Waals surface area contributed by atoms with Crippen LogP contribution in [0.4, 0.5) is 8.78 Å². The Hall–Kier alpha value is -3.50. The van der Waals surface area contributed by atoms with Crippen LogP contribution in [0.2, 0.25) is 0 Å². The van der Waals surface area contributed by atoms with E-state index < -0.39 is 23.2 Å². The van der Waals surface area contributed by atoms with E-state index in [1.807, 2.05) is 10.6 Å². The van der Waals surface area contributed by atoms with Crippen LogP contribution in [-0.4, -0.2) is 56.9 Å². The second kappa shape index (κ2) is 8.28. The van der Waals surface area contributed by atoms with Gasteiger partial charge in [-0.1, -0.05) is 0 Å². The number of benzene rings is 2. The summed E-state index contributed by atoms with van der Waals surface area (Å²) in [5.74, 6) is -2.60. The molecule has 1 aliphatic carbocycles. The van der Waals surface area contributed by atoms with Crippen LogP contribution in [0.25, 0.3) is 27.5 Å². The first-order chi connectivity index (χ1) is 17.3. The first kappa shape index (κ1) is 22.9. The van der Waals surface area contributed by atoms with Gasteiger partial charge in [-0.2, -0.15) is 5.10 Å². The molecule has 1 saturated heterocycles. The third-order valence-corrected chi connectivity index (χ3v) is 7.66. The van der Waals surface area contributed by atoms with Crippen molar-refractivity contribution in [1.29, 1.82) is 0 Å². The van der Waals surface area contributed by atoms with E-state index >= 15 is 4.39 Å². The lowest BCUT2D eigenvalue weighted by atomic mass is 9.66. The van der Waals surface area contributed by atoms with Crippen molar-refractivity contribution in [3.8, 4) is 11.4 Å². The zero-order valence-corrected chi connectivity index (χ0v) is 19.6. The summed E-state index contributed by atoms with van der Waals surface area (Å²) in [6.07, 6.45) is 2.88. The average molecular weight is 497 g/mol. The number of hydrogen-bond donors (Lipinski definition) is 3. The number of hydrogen-bond acceptors (Lipinski definition) is 5. The van der Waals surface area contributed by atoms with Gasteiger partial charge in [-0.05, 0) is 55.4 Å². The Balaban J connectivity index is 1.68. The predicted molar refractivity (Wildman–Crippen MR) is 127 cm³/mol. The van der Waals surface area contributed by atoms with Crippen molar-refractivity contribution < 1.29 is 33.3 Å². The number of aromatic amines is 1. The summed E-state index contributed by atoms with van der Waals surface area (Å²) in [6.45, 7) is 1.07. The van der Waals surface area contributed by atoms with E-state index in [0.29, 0.717) is 53.6 Å². The van der Waals surface area contributed by atoms with E-state index in [1.165, 1.54) is 13.2 Å². The smallest absolute Gasteiger partial charge is 0.335 e. The molecule has 36 heavy (non-hydrogen) atoms. The third kappa shape index (κ3) is 3.31. The average Bonchev–Trinajstić information content (AvgIpc) is 3.46. The van der Waals surface area contributed by atoms with Gasteiger partial charge >= 0.3 is 5.97 Å². The zero-order valence-electron chi connectivity index (χ0n) is 19.6. The summed E-state index contributed by atoms with van der Waals surface area (Å²) in [6, 6.07) is 6.34. The molecule has 4 aromatic rings. The second-order valence-corrected chi connectivity index (χ2v) is 9.70. The molecule has 3 N–H and O–H groups in total. The number of carboxylic acid groups (broad SMARTS) is 1. The first-order valence-corrected chi connectivity index (χ1v) is 11.9. The molecule has 0 amide bonds. The fraction of sp³-hybridized carbons (Fsp3) is 0.385. The second-order valence-electron chi connectivity index (χ2n) is 9.70. The summed E-state index contributed by atoms with van der Waals surface area (Å²) in [5.41, 5.74) is 1.08. The van der Waals surface area contributed by atoms with Crippen molar-refractivity contribution in [2.24, 2.45) is 0 Å². The van der Waals surface area contributed by atoms with Crippen LogP contribution in [0.15, 0.2) is 30.5 Å². The summed E-state index contributed by atoms with van der Waals surface area (Å²) in [5, 5.41) is 27.7. The molecule has 8 nitrogen and oxygen atoms in total. The highest BCUT2D eigenvalue weighted by molar-refractivity contribution is 6.00. The van der Waals surface area contributed by atoms with Crippen LogP contribution < -0.4 is 4.74 Å². The number of methoxy groups -OCH3 is 1. The van der Waals surface area contributed by atoms with Gasteiger partial charge in [0.25, 0.3) is 0 Å². The number of carboxylic acids is 1. The number of rotatable bonds is 5. The van der Waals surface area contributed by atoms with E-state index in [9.17, 15) is 19.4 Å². The molecule has 2 aromatic heterocycles. The molecule has 1 aliphatic heterocycles. The van der Waals surface area contributed by atoms with Crippen molar-refractivity contribution in [2.45, 2.75) is 43.1 Å². The molecule has 0 bridgehead atoms. The maximum atomic E-state index is 16.1. The number of aliphatic carboxylic acids is 1. The maximum Gasteiger partial charge on any atom is 0.335 e. The van der Waals surface area contributed by atoms with Crippen molar-refractivity contribution in [2.75, 3.05) is 20.3 Å². The fourth-order valence-corrected chi connectivity index (χ4v) is 5.84. The van der Waals surface area contributed by atoms with Gasteiger partial charge in [-0.15, -0.1) is 0 Å². The molecule has 2 aliphatic rings. The van der Waals surface area contributed by atoms with Gasteiger partial charge in [0.15, 0.2) is 23.0 Å². The van der Waals surface area contributed by atoms with Gasteiger partial charge < -0.3 is 24.3 Å². The SMILES string of the molecule is COc1cc(-n2c(C3CCOCC3)c([C@H]3C[C@](O)(C(=O)O)C3)c3c(F)c4[nH]ncc4cc32)ccc1F. The summed E-state index contributed by atoms with van der Waals surface area (Å²) in [7, 11) is 1.39. The maximum absolute atomic E-state index is 16.1. The summed E-state index contributed by atoms with van der Waals surface area (Å²) < 4.78 is 43.2. The highest BCUT2D eigenvalue weighted by Gasteiger charge is 2.51. The van der Waals surface area contributed by atoms with Crippen LogP contribution in [-0.2, 0) is 9.53 Å². The normalized spacial score (nSPS) is 22.7. The standard InChI is InChI=1S/C26H25F2N3O5/c1-35-19-9-16(2-3-17(19)27)31-18-8-14-12-29-30-23(14)22(28)21(18)20(15-10-26(34,11-15)25(32)33)24(31)13-4-6-36-7-5-13/h2-3,8-9,12-13,15,34H,4-7,10-11H2,1H3,(H,29,30)(H,32,33)/t15-,26+. The Morgan fingerprint density at radius 1 is 1.22 bits per heavy atom. The van der Waals surface area contributed by atoms with Gasteiger partial charge in [0.1, 0.15) is 5.52 Å². The highest BCUT2D eigenvalue weighted by Crippen LogP contribution is 2.52. The topological polar surface area (TPSA) is 110 Å². The van der Waals surface area contributed by atoms with Gasteiger partial charge in [0, 0.05) is 47.4 Å². The van der Waals surface area contributed by atoms with Crippen LogP contribution in [0.1, 0.15) is 48.8 Å². The number of nitrogens with zero attached hydrogens (tertiary/aromatic N) is 2. The lowest BCUT2D eigenvalue weighted by Gasteiger charge is -2.41. The molecule has 188 valence electrons. The molecule has 6 rings (SSSR count). The molecule has 10 heteroatoms.